The first-order chi connectivity index (χ1) is 14.0. The normalized spacial score (nSPS) is 25.6. The lowest BCUT2D eigenvalue weighted by atomic mass is 9.91. The maximum atomic E-state index is 13.9. The van der Waals surface area contributed by atoms with Gasteiger partial charge in [-0.1, -0.05) is 32.1 Å². The Balaban J connectivity index is 2.17. The lowest BCUT2D eigenvalue weighted by Gasteiger charge is -2.35. The van der Waals surface area contributed by atoms with Crippen molar-refractivity contribution >= 4 is 21.9 Å². The predicted octanol–water partition coefficient (Wildman–Crippen LogP) is 6.38. The summed E-state index contributed by atoms with van der Waals surface area (Å²) in [6.07, 6.45) is -2.56. The van der Waals surface area contributed by atoms with E-state index in [4.69, 9.17) is 0 Å². The van der Waals surface area contributed by atoms with Crippen molar-refractivity contribution in [2.45, 2.75) is 92.4 Å². The van der Waals surface area contributed by atoms with Crippen LogP contribution in [0.25, 0.3) is 0 Å². The zero-order chi connectivity index (χ0) is 23.7. The quantitative estimate of drug-likeness (QED) is 0.281. The summed E-state index contributed by atoms with van der Waals surface area (Å²) < 4.78 is 146. The van der Waals surface area contributed by atoms with Crippen molar-refractivity contribution in [3.05, 3.63) is 0 Å². The summed E-state index contributed by atoms with van der Waals surface area (Å²) in [4.78, 5) is 0. The molecule has 184 valence electrons. The van der Waals surface area contributed by atoms with Gasteiger partial charge in [-0.15, -0.1) is 0 Å². The van der Waals surface area contributed by atoms with Gasteiger partial charge >= 0.3 is 33.4 Å². The maximum Gasteiger partial charge on any atom is 0.460 e. The Morgan fingerprint density at radius 1 is 0.742 bits per heavy atom. The Kier molecular flexibility index (Phi) is 8.22. The molecule has 0 N–H and O–H groups in total. The van der Waals surface area contributed by atoms with E-state index in [1.54, 1.807) is 0 Å². The van der Waals surface area contributed by atoms with Crippen molar-refractivity contribution in [3.8, 4) is 0 Å². The molecule has 2 aliphatic rings. The van der Waals surface area contributed by atoms with Crippen LogP contribution in [0.15, 0.2) is 0 Å². The smallest absolute Gasteiger partial charge is 0.261 e. The molecule has 0 spiro atoms. The highest BCUT2D eigenvalue weighted by molar-refractivity contribution is 8.00. The summed E-state index contributed by atoms with van der Waals surface area (Å²) in [5, 5.41) is -7.48. The van der Waals surface area contributed by atoms with Gasteiger partial charge in [0.25, 0.3) is 0 Å². The van der Waals surface area contributed by atoms with E-state index in [1.807, 2.05) is 0 Å². The fourth-order valence-corrected chi connectivity index (χ4v) is 6.50. The van der Waals surface area contributed by atoms with Crippen molar-refractivity contribution in [1.82, 2.24) is 0 Å². The number of rotatable bonds is 8. The molecular weight excluding hydrogens is 487 g/mol. The number of thioether (sulfide) groups is 1. The highest BCUT2D eigenvalue weighted by Gasteiger charge is 2.86. The second-order valence-corrected chi connectivity index (χ2v) is 10.8. The average Bonchev–Trinajstić information content (AvgIpc) is 2.66. The molecule has 14 heteroatoms. The summed E-state index contributed by atoms with van der Waals surface area (Å²) in [7, 11) is -6.81. The minimum Gasteiger partial charge on any atom is -0.261 e. The number of hydrogen-bond donors (Lipinski definition) is 0. The minimum atomic E-state index is -7.29. The third kappa shape index (κ3) is 5.42. The van der Waals surface area contributed by atoms with E-state index >= 15 is 0 Å². The summed E-state index contributed by atoms with van der Waals surface area (Å²) in [6, 6.07) is 0. The first-order valence-electron chi connectivity index (χ1n) is 9.79. The minimum absolute atomic E-state index is 0.126. The van der Waals surface area contributed by atoms with Gasteiger partial charge in [0.1, 0.15) is 0 Å². The molecule has 2 rings (SSSR count). The molecule has 31 heavy (non-hydrogen) atoms. The van der Waals surface area contributed by atoms with Crippen LogP contribution in [-0.4, -0.2) is 48.8 Å². The third-order valence-electron chi connectivity index (χ3n) is 5.59. The Hall–Kier alpha value is -0.370. The molecule has 3 nitrogen and oxygen atoms in total. The first-order valence-corrected chi connectivity index (χ1v) is 12.2. The van der Waals surface area contributed by atoms with Crippen LogP contribution in [-0.2, 0) is 14.3 Å². The van der Waals surface area contributed by atoms with E-state index in [1.165, 1.54) is 11.8 Å². The summed E-state index contributed by atoms with van der Waals surface area (Å²) in [5.41, 5.74) is 0. The highest BCUT2D eigenvalue weighted by Crippen LogP contribution is 2.55. The Morgan fingerprint density at radius 3 is 1.81 bits per heavy atom. The predicted molar refractivity (Wildman–Crippen MR) is 96.0 cm³/mol. The average molecular weight is 510 g/mol. The molecule has 2 fully saturated rings. The van der Waals surface area contributed by atoms with Gasteiger partial charge in [0.05, 0.1) is 6.10 Å². The SMILES string of the molecule is O=S(=O)(OC1CCCCC1SCC1CCCCC1)C(F)(F)C(F)(F)C(F)(F)C(F)(F)F. The van der Waals surface area contributed by atoms with Crippen LogP contribution in [0.4, 0.5) is 39.5 Å². The fourth-order valence-electron chi connectivity index (χ4n) is 3.72. The summed E-state index contributed by atoms with van der Waals surface area (Å²) in [5.74, 6) is -13.7. The molecular formula is C17H23F9O3S2. The Morgan fingerprint density at radius 2 is 1.26 bits per heavy atom. The largest absolute Gasteiger partial charge is 0.460 e. The molecule has 2 saturated carbocycles. The molecule has 0 saturated heterocycles. The third-order valence-corrected chi connectivity index (χ3v) is 8.61. The second-order valence-electron chi connectivity index (χ2n) is 7.91. The second kappa shape index (κ2) is 9.47. The van der Waals surface area contributed by atoms with Gasteiger partial charge in [0.2, 0.25) is 0 Å². The maximum absolute atomic E-state index is 13.9. The molecule has 0 amide bonds. The number of alkyl halides is 9. The summed E-state index contributed by atoms with van der Waals surface area (Å²) >= 11 is 1.23. The Labute approximate surface area is 178 Å². The molecule has 2 unspecified atom stereocenters. The van der Waals surface area contributed by atoms with Gasteiger partial charge < -0.3 is 0 Å². The van der Waals surface area contributed by atoms with E-state index in [0.717, 1.165) is 32.1 Å². The zero-order valence-electron chi connectivity index (χ0n) is 16.2. The lowest BCUT2D eigenvalue weighted by Crippen LogP contribution is -2.63. The molecule has 0 bridgehead atoms. The van der Waals surface area contributed by atoms with Crippen molar-refractivity contribution in [2.24, 2.45) is 5.92 Å². The van der Waals surface area contributed by atoms with Crippen molar-refractivity contribution in [2.75, 3.05) is 5.75 Å². The van der Waals surface area contributed by atoms with Gasteiger partial charge in [-0.25, -0.2) is 0 Å². The highest BCUT2D eigenvalue weighted by atomic mass is 32.2. The molecule has 0 heterocycles. The van der Waals surface area contributed by atoms with Crippen LogP contribution in [0.5, 0.6) is 0 Å². The van der Waals surface area contributed by atoms with Gasteiger partial charge in [-0.3, -0.25) is 4.18 Å². The van der Waals surface area contributed by atoms with Crippen LogP contribution in [0, 0.1) is 5.92 Å². The van der Waals surface area contributed by atoms with E-state index in [9.17, 15) is 47.9 Å². The number of halogens is 9. The molecule has 0 radical (unpaired) electrons. The molecule has 2 atom stereocenters. The zero-order valence-corrected chi connectivity index (χ0v) is 17.9. The first kappa shape index (κ1) is 26.9. The molecule has 0 aromatic heterocycles. The van der Waals surface area contributed by atoms with Crippen LogP contribution < -0.4 is 0 Å². The van der Waals surface area contributed by atoms with Crippen molar-refractivity contribution in [3.63, 3.8) is 0 Å². The van der Waals surface area contributed by atoms with Crippen molar-refractivity contribution < 1.29 is 52.1 Å². The van der Waals surface area contributed by atoms with Crippen LogP contribution >= 0.6 is 11.8 Å². The van der Waals surface area contributed by atoms with Crippen LogP contribution in [0.1, 0.15) is 57.8 Å². The summed E-state index contributed by atoms with van der Waals surface area (Å²) in [6.45, 7) is 0. The van der Waals surface area contributed by atoms with E-state index in [-0.39, 0.29) is 6.42 Å². The van der Waals surface area contributed by atoms with Crippen molar-refractivity contribution in [1.29, 1.82) is 0 Å². The fraction of sp³-hybridized carbons (Fsp3) is 1.00. The molecule has 0 aliphatic heterocycles. The van der Waals surface area contributed by atoms with E-state index in [2.05, 4.69) is 4.18 Å². The molecule has 0 aromatic rings. The van der Waals surface area contributed by atoms with E-state index in [0.29, 0.717) is 30.9 Å². The number of hydrogen-bond acceptors (Lipinski definition) is 4. The van der Waals surface area contributed by atoms with Gasteiger partial charge in [0, 0.05) is 5.25 Å². The monoisotopic (exact) mass is 510 g/mol. The van der Waals surface area contributed by atoms with Gasteiger partial charge in [-0.05, 0) is 37.4 Å². The van der Waals surface area contributed by atoms with Crippen LogP contribution in [0.3, 0.4) is 0 Å². The van der Waals surface area contributed by atoms with Crippen LogP contribution in [0.2, 0.25) is 0 Å². The lowest BCUT2D eigenvalue weighted by molar-refractivity contribution is -0.382. The standard InChI is InChI=1S/C17H23F9O3S2/c18-14(19,16(22,23)24)15(20,21)17(25,26)31(27,28)29-12-8-4-5-9-13(12)30-10-11-6-2-1-3-7-11/h11-13H,1-10H2. The van der Waals surface area contributed by atoms with Gasteiger partial charge in [0.15, 0.2) is 0 Å². The molecule has 0 aromatic carbocycles. The van der Waals surface area contributed by atoms with Gasteiger partial charge in [-0.2, -0.15) is 59.7 Å². The molecule has 2 aliphatic carbocycles. The van der Waals surface area contributed by atoms with E-state index < -0.39 is 44.7 Å². The Bertz CT molecular complexity index is 704. The topological polar surface area (TPSA) is 43.4 Å².